The third-order valence-corrected chi connectivity index (χ3v) is 7.77. The number of likely N-dealkylation sites (tertiary alicyclic amines) is 2. The van der Waals surface area contributed by atoms with Crippen LogP contribution < -0.4 is 15.4 Å². The van der Waals surface area contributed by atoms with E-state index in [2.05, 4.69) is 10.6 Å². The van der Waals surface area contributed by atoms with E-state index in [1.54, 1.807) is 18.4 Å². The van der Waals surface area contributed by atoms with Crippen molar-refractivity contribution in [3.63, 3.8) is 0 Å². The number of hydrogen-bond donors (Lipinski definition) is 2. The molecule has 2 fully saturated rings. The minimum absolute atomic E-state index is 0.0168. The predicted molar refractivity (Wildman–Crippen MR) is 132 cm³/mol. The van der Waals surface area contributed by atoms with Gasteiger partial charge in [0.1, 0.15) is 11.8 Å². The topological polar surface area (TPSA) is 91.0 Å². The highest BCUT2D eigenvalue weighted by atomic mass is 32.1. The van der Waals surface area contributed by atoms with Crippen LogP contribution in [0.15, 0.2) is 41.8 Å². The Bertz CT molecular complexity index is 1020. The highest BCUT2D eigenvalue weighted by Crippen LogP contribution is 2.41. The van der Waals surface area contributed by atoms with Gasteiger partial charge in [-0.25, -0.2) is 4.79 Å². The van der Waals surface area contributed by atoms with E-state index in [9.17, 15) is 14.4 Å². The lowest BCUT2D eigenvalue weighted by Gasteiger charge is -2.39. The largest absolute Gasteiger partial charge is 0.495 e. The molecule has 3 heterocycles. The van der Waals surface area contributed by atoms with Gasteiger partial charge < -0.3 is 25.2 Å². The molecule has 2 saturated heterocycles. The van der Waals surface area contributed by atoms with Gasteiger partial charge in [0.25, 0.3) is 0 Å². The molecule has 2 aliphatic rings. The first-order chi connectivity index (χ1) is 16.4. The molecule has 4 amide bonds. The number of carbonyl (C=O) groups is 3. The number of anilines is 1. The van der Waals surface area contributed by atoms with Gasteiger partial charge in [-0.2, -0.15) is 0 Å². The predicted octanol–water partition coefficient (Wildman–Crippen LogP) is 3.35. The van der Waals surface area contributed by atoms with Gasteiger partial charge >= 0.3 is 6.03 Å². The number of rotatable bonds is 6. The van der Waals surface area contributed by atoms with Crippen LogP contribution in [0.4, 0.5) is 10.5 Å². The van der Waals surface area contributed by atoms with Crippen LogP contribution in [0.25, 0.3) is 0 Å². The molecule has 34 heavy (non-hydrogen) atoms. The van der Waals surface area contributed by atoms with Crippen molar-refractivity contribution < 1.29 is 19.1 Å². The van der Waals surface area contributed by atoms with E-state index < -0.39 is 6.04 Å². The van der Waals surface area contributed by atoms with Crippen LogP contribution >= 0.6 is 11.3 Å². The molecule has 1 atom stereocenters. The number of hydrogen-bond acceptors (Lipinski definition) is 5. The molecule has 1 aromatic carbocycles. The Hall–Kier alpha value is -3.07. The third-order valence-electron chi connectivity index (χ3n) is 6.87. The van der Waals surface area contributed by atoms with E-state index in [0.29, 0.717) is 44.0 Å². The smallest absolute Gasteiger partial charge is 0.321 e. The van der Waals surface area contributed by atoms with E-state index in [1.165, 1.54) is 6.92 Å². The molecule has 4 rings (SSSR count). The van der Waals surface area contributed by atoms with Crippen molar-refractivity contribution >= 4 is 34.9 Å². The van der Waals surface area contributed by atoms with Crippen LogP contribution in [0, 0.1) is 5.41 Å². The molecule has 0 saturated carbocycles. The quantitative estimate of drug-likeness (QED) is 0.658. The molecule has 2 aliphatic heterocycles. The molecule has 0 aliphatic carbocycles. The summed E-state index contributed by atoms with van der Waals surface area (Å²) in [5, 5.41) is 7.77. The second-order valence-corrected chi connectivity index (χ2v) is 10.2. The zero-order valence-electron chi connectivity index (χ0n) is 19.7. The highest BCUT2D eigenvalue weighted by Gasteiger charge is 2.44. The summed E-state index contributed by atoms with van der Waals surface area (Å²) in [6.07, 6.45) is 3.14. The van der Waals surface area contributed by atoms with Crippen LogP contribution in [-0.4, -0.2) is 67.0 Å². The Labute approximate surface area is 204 Å². The van der Waals surface area contributed by atoms with Gasteiger partial charge in [0.05, 0.1) is 12.8 Å². The van der Waals surface area contributed by atoms with Gasteiger partial charge in [0, 0.05) is 44.4 Å². The Morgan fingerprint density at radius 3 is 2.41 bits per heavy atom. The number of para-hydroxylation sites is 2. The van der Waals surface area contributed by atoms with Gasteiger partial charge in [0.15, 0.2) is 0 Å². The maximum absolute atomic E-state index is 13.3. The molecule has 2 aromatic rings. The van der Waals surface area contributed by atoms with Crippen molar-refractivity contribution in [1.82, 2.24) is 15.1 Å². The summed E-state index contributed by atoms with van der Waals surface area (Å²) in [6.45, 7) is 4.10. The molecule has 1 aromatic heterocycles. The average molecular weight is 485 g/mol. The molecule has 0 bridgehead atoms. The Morgan fingerprint density at radius 1 is 1.06 bits per heavy atom. The second kappa shape index (κ2) is 10.5. The molecular formula is C25H32N4O4S. The lowest BCUT2D eigenvalue weighted by atomic mass is 9.78. The number of carbonyl (C=O) groups excluding carboxylic acids is 3. The first kappa shape index (κ1) is 24.1. The number of nitrogens with one attached hydrogen (secondary N) is 2. The van der Waals surface area contributed by atoms with Gasteiger partial charge in [-0.1, -0.05) is 18.2 Å². The maximum atomic E-state index is 13.3. The van der Waals surface area contributed by atoms with Crippen LogP contribution in [0.2, 0.25) is 0 Å². The minimum atomic E-state index is -0.544. The monoisotopic (exact) mass is 484 g/mol. The lowest BCUT2D eigenvalue weighted by Crippen LogP contribution is -2.50. The number of methoxy groups -OCH3 is 1. The number of amides is 4. The molecule has 2 N–H and O–H groups in total. The molecule has 0 radical (unpaired) electrons. The number of ether oxygens (including phenoxy) is 1. The third kappa shape index (κ3) is 5.52. The van der Waals surface area contributed by atoms with E-state index in [0.717, 1.165) is 24.1 Å². The van der Waals surface area contributed by atoms with Gasteiger partial charge in [-0.05, 0) is 48.3 Å². The highest BCUT2D eigenvalue weighted by molar-refractivity contribution is 7.09. The van der Waals surface area contributed by atoms with Crippen LogP contribution in [0.3, 0.4) is 0 Å². The summed E-state index contributed by atoms with van der Waals surface area (Å²) in [4.78, 5) is 42.7. The van der Waals surface area contributed by atoms with Crippen molar-refractivity contribution in [3.05, 3.63) is 46.7 Å². The SMILES string of the molecule is COc1ccccc1NC(=O)N1CCC2(CC1)CCN(C(=O)C(Cc1cccs1)NC(C)=O)C2. The molecule has 1 unspecified atom stereocenters. The zero-order valence-corrected chi connectivity index (χ0v) is 20.5. The van der Waals surface area contributed by atoms with Gasteiger partial charge in [0.2, 0.25) is 11.8 Å². The summed E-state index contributed by atoms with van der Waals surface area (Å²) < 4.78 is 5.32. The van der Waals surface area contributed by atoms with Gasteiger partial charge in [-0.15, -0.1) is 11.3 Å². The average Bonchev–Trinajstić information content (AvgIpc) is 3.49. The van der Waals surface area contributed by atoms with E-state index >= 15 is 0 Å². The van der Waals surface area contributed by atoms with Crippen LogP contribution in [0.5, 0.6) is 5.75 Å². The number of benzene rings is 1. The minimum Gasteiger partial charge on any atom is -0.495 e. The first-order valence-corrected chi connectivity index (χ1v) is 12.5. The van der Waals surface area contributed by atoms with E-state index in [1.807, 2.05) is 51.6 Å². The summed E-state index contributed by atoms with van der Waals surface area (Å²) >= 11 is 1.59. The molecule has 1 spiro atoms. The van der Waals surface area contributed by atoms with E-state index in [-0.39, 0.29) is 23.3 Å². The fourth-order valence-corrected chi connectivity index (χ4v) is 5.71. The fraction of sp³-hybridized carbons (Fsp3) is 0.480. The van der Waals surface area contributed by atoms with Crippen LogP contribution in [0.1, 0.15) is 31.1 Å². The Balaban J connectivity index is 1.33. The van der Waals surface area contributed by atoms with Gasteiger partial charge in [-0.3, -0.25) is 9.59 Å². The maximum Gasteiger partial charge on any atom is 0.321 e. The van der Waals surface area contributed by atoms with Crippen molar-refractivity contribution in [2.45, 2.75) is 38.6 Å². The number of piperidine rings is 1. The number of nitrogens with zero attached hydrogens (tertiary/aromatic N) is 2. The summed E-state index contributed by atoms with van der Waals surface area (Å²) in [5.41, 5.74) is 0.684. The number of thiophene rings is 1. The Kier molecular flexibility index (Phi) is 7.41. The molecule has 8 nitrogen and oxygen atoms in total. The summed E-state index contributed by atoms with van der Waals surface area (Å²) in [7, 11) is 1.58. The molecular weight excluding hydrogens is 452 g/mol. The van der Waals surface area contributed by atoms with Crippen LogP contribution in [-0.2, 0) is 16.0 Å². The van der Waals surface area contributed by atoms with Crippen molar-refractivity contribution in [3.8, 4) is 5.75 Å². The van der Waals surface area contributed by atoms with Crippen molar-refractivity contribution in [1.29, 1.82) is 0 Å². The normalized spacial score (nSPS) is 17.9. The molecule has 9 heteroatoms. The van der Waals surface area contributed by atoms with Crippen molar-refractivity contribution in [2.75, 3.05) is 38.6 Å². The standard InChI is InChI=1S/C25H32N4O4S/c1-18(30)26-21(16-19-6-5-15-34-19)23(31)29-14-11-25(17-29)9-12-28(13-10-25)24(32)27-20-7-3-4-8-22(20)33-2/h3-8,15,21H,9-14,16-17H2,1-2H3,(H,26,30)(H,27,32). The zero-order chi connectivity index (χ0) is 24.1. The Morgan fingerprint density at radius 2 is 1.76 bits per heavy atom. The fourth-order valence-electron chi connectivity index (χ4n) is 4.95. The second-order valence-electron chi connectivity index (χ2n) is 9.16. The van der Waals surface area contributed by atoms with E-state index in [4.69, 9.17) is 4.74 Å². The molecule has 182 valence electrons. The lowest BCUT2D eigenvalue weighted by molar-refractivity contribution is -0.135. The summed E-state index contributed by atoms with van der Waals surface area (Å²) in [5.74, 6) is 0.417. The van der Waals surface area contributed by atoms with Crippen molar-refractivity contribution in [2.24, 2.45) is 5.41 Å². The summed E-state index contributed by atoms with van der Waals surface area (Å²) in [6, 6.07) is 10.6. The number of urea groups is 1. The first-order valence-electron chi connectivity index (χ1n) is 11.7.